The molecular formula is C14H11N5O4. The van der Waals surface area contributed by atoms with Crippen LogP contribution in [0.4, 0.5) is 5.82 Å². The predicted molar refractivity (Wildman–Crippen MR) is 79.7 cm³/mol. The molecule has 0 saturated heterocycles. The second-order valence-corrected chi connectivity index (χ2v) is 4.62. The van der Waals surface area contributed by atoms with E-state index in [4.69, 9.17) is 10.2 Å². The maximum absolute atomic E-state index is 10.9. The number of anilines is 1. The van der Waals surface area contributed by atoms with Gasteiger partial charge in [-0.15, -0.1) is 0 Å². The van der Waals surface area contributed by atoms with Gasteiger partial charge in [0.15, 0.2) is 5.65 Å². The summed E-state index contributed by atoms with van der Waals surface area (Å²) in [6.45, 7) is -0.273. The van der Waals surface area contributed by atoms with Crippen LogP contribution in [-0.2, 0) is 4.79 Å². The minimum Gasteiger partial charge on any atom is -0.480 e. The summed E-state index contributed by atoms with van der Waals surface area (Å²) in [7, 11) is 0. The lowest BCUT2D eigenvalue weighted by Crippen LogP contribution is -2.13. The fourth-order valence-corrected chi connectivity index (χ4v) is 2.08. The average Bonchev–Trinajstić information content (AvgIpc) is 2.97. The van der Waals surface area contributed by atoms with Gasteiger partial charge in [0.1, 0.15) is 18.7 Å². The van der Waals surface area contributed by atoms with Crippen molar-refractivity contribution in [3.8, 4) is 5.69 Å². The molecule has 23 heavy (non-hydrogen) atoms. The lowest BCUT2D eigenvalue weighted by atomic mass is 10.2. The zero-order valence-electron chi connectivity index (χ0n) is 11.7. The molecule has 0 spiro atoms. The van der Waals surface area contributed by atoms with Crippen LogP contribution in [0.15, 0.2) is 36.8 Å². The van der Waals surface area contributed by atoms with Crippen LogP contribution in [-0.4, -0.2) is 48.4 Å². The highest BCUT2D eigenvalue weighted by Crippen LogP contribution is 2.21. The molecule has 3 N–H and O–H groups in total. The van der Waals surface area contributed by atoms with E-state index in [0.29, 0.717) is 22.5 Å². The molecule has 0 amide bonds. The Hall–Kier alpha value is -3.49. The van der Waals surface area contributed by atoms with Gasteiger partial charge in [0.2, 0.25) is 0 Å². The average molecular weight is 313 g/mol. The Morgan fingerprint density at radius 2 is 1.87 bits per heavy atom. The number of fused-ring (bicyclic) bond motifs is 1. The summed E-state index contributed by atoms with van der Waals surface area (Å²) in [6.07, 6.45) is 2.82. The Bertz CT molecular complexity index is 888. The van der Waals surface area contributed by atoms with Crippen molar-refractivity contribution in [2.75, 3.05) is 11.9 Å². The van der Waals surface area contributed by atoms with E-state index in [1.54, 1.807) is 12.1 Å². The Labute approximate surface area is 129 Å². The Balaban J connectivity index is 2.00. The SMILES string of the molecule is O=C(O)CNc1ncnc2c1cnn2-c1ccc(C(=O)O)cc1. The molecule has 1 aromatic carbocycles. The van der Waals surface area contributed by atoms with Crippen molar-refractivity contribution in [2.24, 2.45) is 0 Å². The van der Waals surface area contributed by atoms with Gasteiger partial charge in [-0.05, 0) is 24.3 Å². The maximum atomic E-state index is 10.9. The fraction of sp³-hybridized carbons (Fsp3) is 0.0714. The normalized spacial score (nSPS) is 10.6. The van der Waals surface area contributed by atoms with Crippen LogP contribution in [0, 0.1) is 0 Å². The van der Waals surface area contributed by atoms with E-state index in [-0.39, 0.29) is 12.1 Å². The zero-order chi connectivity index (χ0) is 16.4. The third-order valence-corrected chi connectivity index (χ3v) is 3.13. The molecule has 2 heterocycles. The largest absolute Gasteiger partial charge is 0.480 e. The van der Waals surface area contributed by atoms with E-state index in [1.165, 1.54) is 29.3 Å². The molecule has 0 unspecified atom stereocenters. The van der Waals surface area contributed by atoms with E-state index < -0.39 is 11.9 Å². The quantitative estimate of drug-likeness (QED) is 0.636. The van der Waals surface area contributed by atoms with Crippen molar-refractivity contribution in [3.63, 3.8) is 0 Å². The van der Waals surface area contributed by atoms with Crippen LogP contribution in [0.25, 0.3) is 16.7 Å². The number of rotatable bonds is 5. The molecule has 0 aliphatic rings. The van der Waals surface area contributed by atoms with Gasteiger partial charge in [0.05, 0.1) is 22.8 Å². The summed E-state index contributed by atoms with van der Waals surface area (Å²) in [5.41, 5.74) is 1.28. The van der Waals surface area contributed by atoms with Crippen LogP contribution in [0.3, 0.4) is 0 Å². The Kier molecular flexibility index (Phi) is 3.59. The molecule has 0 aliphatic carbocycles. The Morgan fingerprint density at radius 1 is 1.13 bits per heavy atom. The number of nitrogens with one attached hydrogen (secondary N) is 1. The Morgan fingerprint density at radius 3 is 2.52 bits per heavy atom. The topological polar surface area (TPSA) is 130 Å². The molecule has 3 aromatic rings. The number of aromatic nitrogens is 4. The van der Waals surface area contributed by atoms with Gasteiger partial charge in [-0.1, -0.05) is 0 Å². The van der Waals surface area contributed by atoms with Crippen molar-refractivity contribution in [3.05, 3.63) is 42.4 Å². The highest BCUT2D eigenvalue weighted by atomic mass is 16.4. The first kappa shape index (κ1) is 14.4. The standard InChI is InChI=1S/C14H11N5O4/c20-11(21)6-15-12-10-5-18-19(13(10)17-7-16-12)9-3-1-8(2-4-9)14(22)23/h1-5,7H,6H2,(H,20,21)(H,22,23)(H,15,16,17). The molecule has 9 nitrogen and oxygen atoms in total. The molecule has 2 aromatic heterocycles. The first-order chi connectivity index (χ1) is 11.1. The van der Waals surface area contributed by atoms with Crippen molar-refractivity contribution in [2.45, 2.75) is 0 Å². The van der Waals surface area contributed by atoms with Gasteiger partial charge in [0.25, 0.3) is 0 Å². The molecule has 0 fully saturated rings. The minimum atomic E-state index is -1.01. The third kappa shape index (κ3) is 2.79. The summed E-state index contributed by atoms with van der Waals surface area (Å²) in [4.78, 5) is 29.7. The van der Waals surface area contributed by atoms with Crippen LogP contribution in [0.5, 0.6) is 0 Å². The van der Waals surface area contributed by atoms with Crippen LogP contribution >= 0.6 is 0 Å². The van der Waals surface area contributed by atoms with Crippen LogP contribution in [0.2, 0.25) is 0 Å². The van der Waals surface area contributed by atoms with Gasteiger partial charge in [0, 0.05) is 0 Å². The summed E-state index contributed by atoms with van der Waals surface area (Å²) in [5, 5.41) is 25.1. The second kappa shape index (κ2) is 5.72. The van der Waals surface area contributed by atoms with Crippen molar-refractivity contribution >= 4 is 28.8 Å². The molecule has 3 rings (SSSR count). The van der Waals surface area contributed by atoms with E-state index in [9.17, 15) is 9.59 Å². The molecule has 116 valence electrons. The van der Waals surface area contributed by atoms with E-state index in [2.05, 4.69) is 20.4 Å². The third-order valence-electron chi connectivity index (χ3n) is 3.13. The van der Waals surface area contributed by atoms with Crippen molar-refractivity contribution in [1.29, 1.82) is 0 Å². The summed E-state index contributed by atoms with van der Waals surface area (Å²) < 4.78 is 1.52. The number of benzene rings is 1. The summed E-state index contributed by atoms with van der Waals surface area (Å²) in [5.74, 6) is -1.65. The number of carbonyl (C=O) groups is 2. The number of aliphatic carboxylic acids is 1. The molecule has 0 bridgehead atoms. The molecular weight excluding hydrogens is 302 g/mol. The lowest BCUT2D eigenvalue weighted by molar-refractivity contribution is -0.134. The molecule has 0 saturated carbocycles. The number of carboxylic acids is 2. The molecule has 0 aliphatic heterocycles. The number of carboxylic acid groups (broad SMARTS) is 2. The van der Waals surface area contributed by atoms with Crippen LogP contribution in [0.1, 0.15) is 10.4 Å². The van der Waals surface area contributed by atoms with Crippen LogP contribution < -0.4 is 5.32 Å². The zero-order valence-corrected chi connectivity index (χ0v) is 11.7. The van der Waals surface area contributed by atoms with Gasteiger partial charge >= 0.3 is 11.9 Å². The summed E-state index contributed by atoms with van der Waals surface area (Å²) in [6, 6.07) is 6.16. The molecule has 0 radical (unpaired) electrons. The number of aromatic carboxylic acids is 1. The lowest BCUT2D eigenvalue weighted by Gasteiger charge is -2.05. The minimum absolute atomic E-state index is 0.170. The predicted octanol–water partition coefficient (Wildman–Crippen LogP) is 1.01. The first-order valence-electron chi connectivity index (χ1n) is 6.54. The number of hydrogen-bond acceptors (Lipinski definition) is 6. The van der Waals surface area contributed by atoms with Gasteiger partial charge in [-0.2, -0.15) is 5.10 Å². The van der Waals surface area contributed by atoms with E-state index in [1.807, 2.05) is 0 Å². The van der Waals surface area contributed by atoms with E-state index in [0.717, 1.165) is 0 Å². The molecule has 9 heteroatoms. The fourth-order valence-electron chi connectivity index (χ4n) is 2.08. The molecule has 0 atom stereocenters. The number of nitrogens with zero attached hydrogens (tertiary/aromatic N) is 4. The smallest absolute Gasteiger partial charge is 0.335 e. The highest BCUT2D eigenvalue weighted by Gasteiger charge is 2.12. The first-order valence-corrected chi connectivity index (χ1v) is 6.54. The van der Waals surface area contributed by atoms with E-state index >= 15 is 0 Å². The maximum Gasteiger partial charge on any atom is 0.335 e. The number of hydrogen-bond donors (Lipinski definition) is 3. The van der Waals surface area contributed by atoms with Gasteiger partial charge in [-0.25, -0.2) is 19.4 Å². The summed E-state index contributed by atoms with van der Waals surface area (Å²) >= 11 is 0. The second-order valence-electron chi connectivity index (χ2n) is 4.62. The highest BCUT2D eigenvalue weighted by molar-refractivity contribution is 5.89. The van der Waals surface area contributed by atoms with Crippen molar-refractivity contribution in [1.82, 2.24) is 19.7 Å². The van der Waals surface area contributed by atoms with Gasteiger partial charge < -0.3 is 15.5 Å². The monoisotopic (exact) mass is 313 g/mol. The van der Waals surface area contributed by atoms with Gasteiger partial charge in [-0.3, -0.25) is 4.79 Å². The van der Waals surface area contributed by atoms with Crippen molar-refractivity contribution < 1.29 is 19.8 Å².